The second-order valence-electron chi connectivity index (χ2n) is 5.94. The highest BCUT2D eigenvalue weighted by molar-refractivity contribution is 6.31. The van der Waals surface area contributed by atoms with Gasteiger partial charge in [-0.05, 0) is 38.6 Å². The van der Waals surface area contributed by atoms with Crippen LogP contribution in [0.15, 0.2) is 36.8 Å². The number of benzene rings is 1. The summed E-state index contributed by atoms with van der Waals surface area (Å²) in [5.41, 5.74) is 2.61. The molecule has 1 aromatic heterocycles. The van der Waals surface area contributed by atoms with Crippen LogP contribution in [-0.4, -0.2) is 40.4 Å². The van der Waals surface area contributed by atoms with Crippen LogP contribution >= 0.6 is 11.6 Å². The number of rotatable bonds is 7. The fourth-order valence-electron chi connectivity index (χ4n) is 2.35. The molecule has 5 nitrogen and oxygen atoms in total. The number of halogens is 1. The van der Waals surface area contributed by atoms with E-state index in [1.165, 1.54) is 0 Å². The van der Waals surface area contributed by atoms with Crippen LogP contribution in [0, 0.1) is 6.92 Å². The molecule has 0 saturated carbocycles. The quantitative estimate of drug-likeness (QED) is 0.835. The molecule has 24 heavy (non-hydrogen) atoms. The molecule has 1 N–H and O–H groups in total. The summed E-state index contributed by atoms with van der Waals surface area (Å²) in [6, 6.07) is 5.79. The first-order valence-electron chi connectivity index (χ1n) is 7.97. The summed E-state index contributed by atoms with van der Waals surface area (Å²) in [4.78, 5) is 22.7. The molecule has 0 bridgehead atoms. The molecule has 0 saturated heterocycles. The van der Waals surface area contributed by atoms with Crippen LogP contribution in [0.5, 0.6) is 0 Å². The van der Waals surface area contributed by atoms with Crippen LogP contribution in [0.2, 0.25) is 5.02 Å². The van der Waals surface area contributed by atoms with Crippen molar-refractivity contribution in [1.29, 1.82) is 0 Å². The Kier molecular flexibility index (Phi) is 6.70. The molecular weight excluding hydrogens is 324 g/mol. The molecule has 0 fully saturated rings. The Hall–Kier alpha value is -1.98. The Morgan fingerprint density at radius 1 is 1.38 bits per heavy atom. The maximum Gasteiger partial charge on any atom is 0.225 e. The van der Waals surface area contributed by atoms with Crippen LogP contribution < -0.4 is 5.32 Å². The van der Waals surface area contributed by atoms with E-state index in [9.17, 15) is 4.79 Å². The van der Waals surface area contributed by atoms with Crippen molar-refractivity contribution >= 4 is 23.2 Å². The third kappa shape index (κ3) is 5.28. The number of hydrogen-bond donors (Lipinski definition) is 1. The van der Waals surface area contributed by atoms with Gasteiger partial charge in [0.25, 0.3) is 0 Å². The van der Waals surface area contributed by atoms with Crippen molar-refractivity contribution in [2.75, 3.05) is 18.9 Å². The Morgan fingerprint density at radius 2 is 2.17 bits per heavy atom. The first kappa shape index (κ1) is 18.4. The Morgan fingerprint density at radius 3 is 2.88 bits per heavy atom. The Labute approximate surface area is 148 Å². The van der Waals surface area contributed by atoms with Crippen LogP contribution in [0.1, 0.15) is 24.6 Å². The molecule has 2 rings (SSSR count). The van der Waals surface area contributed by atoms with Crippen molar-refractivity contribution in [3.63, 3.8) is 0 Å². The predicted molar refractivity (Wildman–Crippen MR) is 97.3 cm³/mol. The van der Waals surface area contributed by atoms with Crippen LogP contribution in [-0.2, 0) is 11.2 Å². The molecule has 0 aliphatic carbocycles. The molecule has 1 heterocycles. The number of anilines is 1. The van der Waals surface area contributed by atoms with Gasteiger partial charge in [0.05, 0.1) is 5.69 Å². The number of nitrogens with zero attached hydrogens (tertiary/aromatic N) is 3. The van der Waals surface area contributed by atoms with Crippen molar-refractivity contribution in [3.05, 3.63) is 53.1 Å². The zero-order valence-corrected chi connectivity index (χ0v) is 15.0. The largest absolute Gasteiger partial charge is 0.326 e. The highest BCUT2D eigenvalue weighted by atomic mass is 35.5. The second kappa shape index (κ2) is 8.76. The molecular formula is C18H23ClN4O. The summed E-state index contributed by atoms with van der Waals surface area (Å²) in [6.07, 6.45) is 6.37. The van der Waals surface area contributed by atoms with Gasteiger partial charge in [-0.2, -0.15) is 0 Å². The minimum absolute atomic E-state index is 0.0149. The maximum atomic E-state index is 12.2. The summed E-state index contributed by atoms with van der Waals surface area (Å²) in [5.74, 6) is -0.0149. The van der Waals surface area contributed by atoms with E-state index >= 15 is 0 Å². The average molecular weight is 347 g/mol. The van der Waals surface area contributed by atoms with Crippen molar-refractivity contribution in [2.45, 2.75) is 32.7 Å². The number of likely N-dealkylation sites (N-methyl/N-ethyl adjacent to an activating group) is 1. The van der Waals surface area contributed by atoms with Gasteiger partial charge in [0.15, 0.2) is 0 Å². The molecule has 0 spiro atoms. The van der Waals surface area contributed by atoms with Crippen LogP contribution in [0.3, 0.4) is 0 Å². The summed E-state index contributed by atoms with van der Waals surface area (Å²) in [6.45, 7) is 4.69. The fourth-order valence-corrected chi connectivity index (χ4v) is 2.52. The number of carbonyl (C=O) groups is 1. The SMILES string of the molecule is Cc1c(Cl)cccc1NC(=O)CCN(C)C(C)Cc1cnccn1. The first-order chi connectivity index (χ1) is 11.5. The van der Waals surface area contributed by atoms with E-state index in [0.29, 0.717) is 18.0 Å². The van der Waals surface area contributed by atoms with E-state index in [1.54, 1.807) is 18.6 Å². The maximum absolute atomic E-state index is 12.2. The van der Waals surface area contributed by atoms with E-state index in [4.69, 9.17) is 11.6 Å². The molecule has 2 aromatic rings. The Bertz CT molecular complexity index is 678. The van der Waals surface area contributed by atoms with E-state index < -0.39 is 0 Å². The highest BCUT2D eigenvalue weighted by Gasteiger charge is 2.13. The van der Waals surface area contributed by atoms with E-state index in [-0.39, 0.29) is 11.9 Å². The number of carbonyl (C=O) groups excluding carboxylic acids is 1. The van der Waals surface area contributed by atoms with E-state index in [0.717, 1.165) is 23.4 Å². The van der Waals surface area contributed by atoms with E-state index in [2.05, 4.69) is 27.1 Å². The van der Waals surface area contributed by atoms with Crippen molar-refractivity contribution in [3.8, 4) is 0 Å². The van der Waals surface area contributed by atoms with Crippen LogP contribution in [0.25, 0.3) is 0 Å². The van der Waals surface area contributed by atoms with Gasteiger partial charge < -0.3 is 10.2 Å². The van der Waals surface area contributed by atoms with Gasteiger partial charge in [-0.25, -0.2) is 0 Å². The molecule has 6 heteroatoms. The lowest BCUT2D eigenvalue weighted by Crippen LogP contribution is -2.33. The van der Waals surface area contributed by atoms with Gasteiger partial charge in [-0.3, -0.25) is 14.8 Å². The van der Waals surface area contributed by atoms with E-state index in [1.807, 2.05) is 32.2 Å². The standard InChI is InChI=1S/C18H23ClN4O/c1-13(11-15-12-20-8-9-21-15)23(3)10-7-18(24)22-17-6-4-5-16(19)14(17)2/h4-6,8-9,12-13H,7,10-11H2,1-3H3,(H,22,24). The van der Waals surface area contributed by atoms with Gasteiger partial charge >= 0.3 is 0 Å². The predicted octanol–water partition coefficient (Wildman–Crippen LogP) is 3.33. The molecule has 0 radical (unpaired) electrons. The van der Waals surface area contributed by atoms with Gasteiger partial charge in [0.2, 0.25) is 5.91 Å². The average Bonchev–Trinajstić information content (AvgIpc) is 2.57. The van der Waals surface area contributed by atoms with Crippen molar-refractivity contribution in [2.24, 2.45) is 0 Å². The molecule has 0 aliphatic heterocycles. The molecule has 1 amide bonds. The lowest BCUT2D eigenvalue weighted by molar-refractivity contribution is -0.116. The number of amides is 1. The summed E-state index contributed by atoms with van der Waals surface area (Å²) in [7, 11) is 2.01. The molecule has 1 atom stereocenters. The molecule has 1 aromatic carbocycles. The van der Waals surface area contributed by atoms with Crippen molar-refractivity contribution in [1.82, 2.24) is 14.9 Å². The molecule has 1 unspecified atom stereocenters. The highest BCUT2D eigenvalue weighted by Crippen LogP contribution is 2.23. The van der Waals surface area contributed by atoms with Gasteiger partial charge in [0, 0.05) is 54.7 Å². The number of hydrogen-bond acceptors (Lipinski definition) is 4. The minimum atomic E-state index is -0.0149. The second-order valence-corrected chi connectivity index (χ2v) is 6.35. The summed E-state index contributed by atoms with van der Waals surface area (Å²) in [5, 5.41) is 3.58. The monoisotopic (exact) mass is 346 g/mol. The Balaban J connectivity index is 1.81. The van der Waals surface area contributed by atoms with Gasteiger partial charge in [0.1, 0.15) is 0 Å². The molecule has 128 valence electrons. The molecule has 0 aliphatic rings. The minimum Gasteiger partial charge on any atom is -0.326 e. The van der Waals surface area contributed by atoms with Crippen molar-refractivity contribution < 1.29 is 4.79 Å². The zero-order valence-electron chi connectivity index (χ0n) is 14.3. The fraction of sp³-hybridized carbons (Fsp3) is 0.389. The topological polar surface area (TPSA) is 58.1 Å². The number of nitrogens with one attached hydrogen (secondary N) is 1. The third-order valence-electron chi connectivity index (χ3n) is 4.11. The van der Waals surface area contributed by atoms with Crippen LogP contribution in [0.4, 0.5) is 5.69 Å². The lowest BCUT2D eigenvalue weighted by Gasteiger charge is -2.24. The third-order valence-corrected chi connectivity index (χ3v) is 4.52. The van der Waals surface area contributed by atoms with Gasteiger partial charge in [-0.1, -0.05) is 17.7 Å². The summed E-state index contributed by atoms with van der Waals surface area (Å²) < 4.78 is 0. The summed E-state index contributed by atoms with van der Waals surface area (Å²) >= 11 is 6.07. The smallest absolute Gasteiger partial charge is 0.225 e. The normalized spacial score (nSPS) is 12.2. The first-order valence-corrected chi connectivity index (χ1v) is 8.35. The zero-order chi connectivity index (χ0) is 17.5. The lowest BCUT2D eigenvalue weighted by atomic mass is 10.1. The number of aromatic nitrogens is 2. The van der Waals surface area contributed by atoms with Gasteiger partial charge in [-0.15, -0.1) is 0 Å².